The first-order valence-corrected chi connectivity index (χ1v) is 6.38. The van der Waals surface area contributed by atoms with Gasteiger partial charge in [-0.3, -0.25) is 9.88 Å². The number of nitrogens with two attached hydrogens (primary N) is 1. The summed E-state index contributed by atoms with van der Waals surface area (Å²) in [5, 5.41) is 0. The van der Waals surface area contributed by atoms with Crippen molar-refractivity contribution < 1.29 is 4.74 Å². The third kappa shape index (κ3) is 3.98. The molecule has 1 aliphatic heterocycles. The first-order chi connectivity index (χ1) is 8.38. The highest BCUT2D eigenvalue weighted by Crippen LogP contribution is 2.10. The van der Waals surface area contributed by atoms with E-state index in [1.54, 1.807) is 6.20 Å². The summed E-state index contributed by atoms with van der Waals surface area (Å²) in [5.74, 6) is 0.852. The zero-order valence-corrected chi connectivity index (χ0v) is 10.3. The number of hydrogen-bond acceptors (Lipinski definition) is 4. The number of nitrogens with zero attached hydrogens (tertiary/aromatic N) is 2. The van der Waals surface area contributed by atoms with E-state index >= 15 is 0 Å². The average molecular weight is 235 g/mol. The molecule has 2 rings (SSSR count). The monoisotopic (exact) mass is 235 g/mol. The maximum atomic E-state index is 5.67. The van der Waals surface area contributed by atoms with Gasteiger partial charge >= 0.3 is 0 Å². The van der Waals surface area contributed by atoms with Crippen LogP contribution in [0.2, 0.25) is 0 Å². The lowest BCUT2D eigenvalue weighted by atomic mass is 10.3. The number of likely N-dealkylation sites (tertiary alicyclic amines) is 1. The second kappa shape index (κ2) is 6.57. The smallest absolute Gasteiger partial charge is 0.137 e. The van der Waals surface area contributed by atoms with Crippen LogP contribution < -0.4 is 10.5 Å². The Labute approximate surface area is 103 Å². The quantitative estimate of drug-likeness (QED) is 0.801. The van der Waals surface area contributed by atoms with Crippen LogP contribution in [0, 0.1) is 0 Å². The molecule has 2 N–H and O–H groups in total. The Bertz CT molecular complexity index is 320. The Balaban J connectivity index is 1.70. The van der Waals surface area contributed by atoms with E-state index in [0.717, 1.165) is 31.0 Å². The highest BCUT2D eigenvalue weighted by Gasteiger charge is 2.10. The van der Waals surface area contributed by atoms with E-state index in [0.29, 0.717) is 6.54 Å². The fraction of sp³-hybridized carbons (Fsp3) is 0.615. The van der Waals surface area contributed by atoms with Crippen molar-refractivity contribution in [3.8, 4) is 5.75 Å². The standard InChI is InChI=1S/C13H21N3O/c14-6-5-12-3-4-13(11-15-12)17-10-9-16-7-1-2-8-16/h3-4,11H,1-2,5-10,14H2. The molecule has 94 valence electrons. The Hall–Kier alpha value is -1.13. The van der Waals surface area contributed by atoms with Gasteiger partial charge in [0.25, 0.3) is 0 Å². The summed E-state index contributed by atoms with van der Waals surface area (Å²) in [6.07, 6.45) is 5.27. The van der Waals surface area contributed by atoms with Crippen LogP contribution >= 0.6 is 0 Å². The molecule has 0 radical (unpaired) electrons. The molecule has 0 saturated carbocycles. The first-order valence-electron chi connectivity index (χ1n) is 6.38. The largest absolute Gasteiger partial charge is 0.491 e. The minimum atomic E-state index is 0.641. The van der Waals surface area contributed by atoms with E-state index in [4.69, 9.17) is 10.5 Å². The summed E-state index contributed by atoms with van der Waals surface area (Å²) in [6, 6.07) is 3.96. The maximum absolute atomic E-state index is 5.67. The summed E-state index contributed by atoms with van der Waals surface area (Å²) < 4.78 is 5.67. The molecule has 1 aromatic rings. The number of aromatic nitrogens is 1. The van der Waals surface area contributed by atoms with Crippen LogP contribution in [-0.4, -0.2) is 42.7 Å². The predicted molar refractivity (Wildman–Crippen MR) is 68.2 cm³/mol. The van der Waals surface area contributed by atoms with Gasteiger partial charge in [0.05, 0.1) is 6.20 Å². The van der Waals surface area contributed by atoms with Gasteiger partial charge in [-0.2, -0.15) is 0 Å². The molecule has 0 aliphatic carbocycles. The van der Waals surface area contributed by atoms with E-state index in [-0.39, 0.29) is 0 Å². The molecule has 17 heavy (non-hydrogen) atoms. The van der Waals surface area contributed by atoms with Gasteiger partial charge in [-0.05, 0) is 44.6 Å². The van der Waals surface area contributed by atoms with Crippen LogP contribution in [-0.2, 0) is 6.42 Å². The summed E-state index contributed by atoms with van der Waals surface area (Å²) in [7, 11) is 0. The highest BCUT2D eigenvalue weighted by atomic mass is 16.5. The van der Waals surface area contributed by atoms with Crippen molar-refractivity contribution in [3.05, 3.63) is 24.0 Å². The molecule has 1 fully saturated rings. The maximum Gasteiger partial charge on any atom is 0.137 e. The van der Waals surface area contributed by atoms with Gasteiger partial charge in [0, 0.05) is 18.7 Å². The zero-order valence-electron chi connectivity index (χ0n) is 10.3. The molecule has 0 spiro atoms. The van der Waals surface area contributed by atoms with E-state index in [1.165, 1.54) is 25.9 Å². The molecular formula is C13H21N3O. The van der Waals surface area contributed by atoms with Crippen molar-refractivity contribution in [2.45, 2.75) is 19.3 Å². The van der Waals surface area contributed by atoms with Crippen LogP contribution in [0.5, 0.6) is 5.75 Å². The van der Waals surface area contributed by atoms with E-state index in [9.17, 15) is 0 Å². The van der Waals surface area contributed by atoms with E-state index < -0.39 is 0 Å². The number of ether oxygens (including phenoxy) is 1. The Morgan fingerprint density at radius 3 is 2.76 bits per heavy atom. The summed E-state index contributed by atoms with van der Waals surface area (Å²) in [4.78, 5) is 6.74. The third-order valence-corrected chi connectivity index (χ3v) is 3.07. The van der Waals surface area contributed by atoms with Gasteiger partial charge < -0.3 is 10.5 Å². The number of rotatable bonds is 6. The van der Waals surface area contributed by atoms with Crippen molar-refractivity contribution in [1.82, 2.24) is 9.88 Å². The van der Waals surface area contributed by atoms with Crippen LogP contribution in [0.4, 0.5) is 0 Å². The van der Waals surface area contributed by atoms with Crippen molar-refractivity contribution >= 4 is 0 Å². The minimum Gasteiger partial charge on any atom is -0.491 e. The SMILES string of the molecule is NCCc1ccc(OCCN2CCCC2)cn1. The molecule has 0 aromatic carbocycles. The fourth-order valence-corrected chi connectivity index (χ4v) is 2.09. The lowest BCUT2D eigenvalue weighted by Gasteiger charge is -2.14. The second-order valence-electron chi connectivity index (χ2n) is 4.42. The topological polar surface area (TPSA) is 51.4 Å². The van der Waals surface area contributed by atoms with E-state index in [2.05, 4.69) is 9.88 Å². The summed E-state index contributed by atoms with van der Waals surface area (Å²) >= 11 is 0. The molecule has 1 saturated heterocycles. The highest BCUT2D eigenvalue weighted by molar-refractivity contribution is 5.19. The van der Waals surface area contributed by atoms with Gasteiger partial charge in [0.15, 0.2) is 0 Å². The molecule has 4 nitrogen and oxygen atoms in total. The van der Waals surface area contributed by atoms with Crippen molar-refractivity contribution in [3.63, 3.8) is 0 Å². The lowest BCUT2D eigenvalue weighted by Crippen LogP contribution is -2.25. The van der Waals surface area contributed by atoms with Gasteiger partial charge in [-0.1, -0.05) is 0 Å². The molecule has 0 amide bonds. The van der Waals surface area contributed by atoms with E-state index in [1.807, 2.05) is 12.1 Å². The van der Waals surface area contributed by atoms with Crippen LogP contribution in [0.25, 0.3) is 0 Å². The fourth-order valence-electron chi connectivity index (χ4n) is 2.09. The Morgan fingerprint density at radius 2 is 2.12 bits per heavy atom. The van der Waals surface area contributed by atoms with Crippen LogP contribution in [0.15, 0.2) is 18.3 Å². The number of pyridine rings is 1. The molecule has 2 heterocycles. The molecule has 4 heteroatoms. The van der Waals surface area contributed by atoms with Crippen LogP contribution in [0.1, 0.15) is 18.5 Å². The molecular weight excluding hydrogens is 214 g/mol. The Kier molecular flexibility index (Phi) is 4.76. The van der Waals surface area contributed by atoms with Gasteiger partial charge in [-0.15, -0.1) is 0 Å². The molecule has 0 atom stereocenters. The van der Waals surface area contributed by atoms with Gasteiger partial charge in [-0.25, -0.2) is 0 Å². The molecule has 1 aliphatic rings. The number of hydrogen-bond donors (Lipinski definition) is 1. The molecule has 0 bridgehead atoms. The first kappa shape index (κ1) is 12.3. The predicted octanol–water partition coefficient (Wildman–Crippen LogP) is 1.06. The average Bonchev–Trinajstić information content (AvgIpc) is 2.85. The van der Waals surface area contributed by atoms with Crippen LogP contribution in [0.3, 0.4) is 0 Å². The van der Waals surface area contributed by atoms with Gasteiger partial charge in [0.2, 0.25) is 0 Å². The normalized spacial score (nSPS) is 16.3. The van der Waals surface area contributed by atoms with Crippen molar-refractivity contribution in [2.24, 2.45) is 5.73 Å². The van der Waals surface area contributed by atoms with Crippen molar-refractivity contribution in [1.29, 1.82) is 0 Å². The van der Waals surface area contributed by atoms with Crippen molar-refractivity contribution in [2.75, 3.05) is 32.8 Å². The molecule has 1 aromatic heterocycles. The Morgan fingerprint density at radius 1 is 1.29 bits per heavy atom. The third-order valence-electron chi connectivity index (χ3n) is 3.07. The second-order valence-corrected chi connectivity index (χ2v) is 4.42. The zero-order chi connectivity index (χ0) is 11.9. The lowest BCUT2D eigenvalue weighted by molar-refractivity contribution is 0.237. The van der Waals surface area contributed by atoms with Gasteiger partial charge in [0.1, 0.15) is 12.4 Å². The summed E-state index contributed by atoms with van der Waals surface area (Å²) in [5.41, 5.74) is 6.50. The summed E-state index contributed by atoms with van der Waals surface area (Å²) in [6.45, 7) is 4.85. The molecule has 0 unspecified atom stereocenters. The minimum absolute atomic E-state index is 0.641.